The molecule has 0 aromatic carbocycles. The summed E-state index contributed by atoms with van der Waals surface area (Å²) in [5, 5.41) is 13.3. The minimum absolute atomic E-state index is 0.312. The molecule has 1 rings (SSSR count). The van der Waals surface area contributed by atoms with Crippen LogP contribution >= 0.6 is 11.3 Å². The number of hydrogen-bond donors (Lipinski definition) is 3. The van der Waals surface area contributed by atoms with Crippen LogP contribution in [0.15, 0.2) is 17.5 Å². The highest BCUT2D eigenvalue weighted by atomic mass is 32.1. The van der Waals surface area contributed by atoms with E-state index >= 15 is 0 Å². The number of nitrogens with two attached hydrogens (primary N) is 1. The molecule has 0 spiro atoms. The molecule has 1 aromatic heterocycles. The lowest BCUT2D eigenvalue weighted by molar-refractivity contribution is -0.142. The Morgan fingerprint density at radius 2 is 2.12 bits per heavy atom. The van der Waals surface area contributed by atoms with Crippen molar-refractivity contribution in [3.63, 3.8) is 0 Å². The van der Waals surface area contributed by atoms with Gasteiger partial charge in [-0.15, -0.1) is 11.3 Å². The van der Waals surface area contributed by atoms with Crippen molar-refractivity contribution < 1.29 is 14.7 Å². The maximum Gasteiger partial charge on any atom is 0.331 e. The summed E-state index contributed by atoms with van der Waals surface area (Å²) in [6.45, 7) is 3.39. The van der Waals surface area contributed by atoms with E-state index in [-0.39, 0.29) is 11.9 Å². The number of carbonyl (C=O) groups excluding carboxylic acids is 1. The largest absolute Gasteiger partial charge is 0.479 e. The molecule has 1 heterocycles. The first-order valence-electron chi connectivity index (χ1n) is 5.25. The van der Waals surface area contributed by atoms with Gasteiger partial charge in [-0.2, -0.15) is 0 Å². The monoisotopic (exact) mass is 256 g/mol. The van der Waals surface area contributed by atoms with Crippen LogP contribution < -0.4 is 11.1 Å². The van der Waals surface area contributed by atoms with Gasteiger partial charge in [0, 0.05) is 16.8 Å². The SMILES string of the molecule is CC(N)C(C)C(=O)NC(C(=O)O)c1cccs1. The summed E-state index contributed by atoms with van der Waals surface area (Å²) in [4.78, 5) is 23.4. The number of thiophene rings is 1. The molecular formula is C11H16N2O3S. The van der Waals surface area contributed by atoms with Gasteiger partial charge in [0.2, 0.25) is 5.91 Å². The van der Waals surface area contributed by atoms with Crippen LogP contribution in [-0.2, 0) is 9.59 Å². The maximum absolute atomic E-state index is 11.7. The van der Waals surface area contributed by atoms with Crippen molar-refractivity contribution in [2.75, 3.05) is 0 Å². The molecule has 0 saturated heterocycles. The Morgan fingerprint density at radius 1 is 1.47 bits per heavy atom. The van der Waals surface area contributed by atoms with E-state index in [4.69, 9.17) is 10.8 Å². The van der Waals surface area contributed by atoms with E-state index in [9.17, 15) is 9.59 Å². The summed E-state index contributed by atoms with van der Waals surface area (Å²) in [6, 6.07) is 2.12. The van der Waals surface area contributed by atoms with Crippen molar-refractivity contribution in [1.82, 2.24) is 5.32 Å². The number of carbonyl (C=O) groups is 2. The second kappa shape index (κ2) is 5.79. The third-order valence-corrected chi connectivity index (χ3v) is 3.50. The van der Waals surface area contributed by atoms with Gasteiger partial charge in [-0.3, -0.25) is 4.79 Å². The van der Waals surface area contributed by atoms with Crippen molar-refractivity contribution in [2.45, 2.75) is 25.9 Å². The van der Waals surface area contributed by atoms with Crippen molar-refractivity contribution >= 4 is 23.2 Å². The van der Waals surface area contributed by atoms with E-state index in [1.54, 1.807) is 31.4 Å². The smallest absolute Gasteiger partial charge is 0.331 e. The van der Waals surface area contributed by atoms with Gasteiger partial charge in [-0.25, -0.2) is 4.79 Å². The Morgan fingerprint density at radius 3 is 2.53 bits per heavy atom. The maximum atomic E-state index is 11.7. The summed E-state index contributed by atoms with van der Waals surface area (Å²) in [6.07, 6.45) is 0. The summed E-state index contributed by atoms with van der Waals surface area (Å²) in [5.74, 6) is -1.84. The number of amides is 1. The zero-order chi connectivity index (χ0) is 13.0. The number of carboxylic acids is 1. The summed E-state index contributed by atoms with van der Waals surface area (Å²) in [7, 11) is 0. The number of hydrogen-bond acceptors (Lipinski definition) is 4. The Hall–Kier alpha value is -1.40. The van der Waals surface area contributed by atoms with Gasteiger partial charge < -0.3 is 16.2 Å². The molecule has 3 atom stereocenters. The molecule has 0 bridgehead atoms. The highest BCUT2D eigenvalue weighted by molar-refractivity contribution is 7.10. The Balaban J connectivity index is 2.76. The fraction of sp³-hybridized carbons (Fsp3) is 0.455. The summed E-state index contributed by atoms with van der Waals surface area (Å²) in [5.41, 5.74) is 5.60. The van der Waals surface area contributed by atoms with Crippen LogP contribution in [0.5, 0.6) is 0 Å². The Labute approximate surface area is 104 Å². The molecule has 0 radical (unpaired) electrons. The Kier molecular flexibility index (Phi) is 4.65. The zero-order valence-electron chi connectivity index (χ0n) is 9.71. The van der Waals surface area contributed by atoms with E-state index in [0.29, 0.717) is 4.88 Å². The quantitative estimate of drug-likeness (QED) is 0.732. The van der Waals surface area contributed by atoms with Crippen molar-refractivity contribution in [3.05, 3.63) is 22.4 Å². The van der Waals surface area contributed by atoms with E-state index in [1.807, 2.05) is 0 Å². The van der Waals surface area contributed by atoms with Gasteiger partial charge in [0.1, 0.15) is 0 Å². The van der Waals surface area contributed by atoms with Crippen LogP contribution in [0.1, 0.15) is 24.8 Å². The lowest BCUT2D eigenvalue weighted by atomic mass is 10.0. The number of carboxylic acid groups (broad SMARTS) is 1. The fourth-order valence-electron chi connectivity index (χ4n) is 1.22. The molecule has 4 N–H and O–H groups in total. The molecular weight excluding hydrogens is 240 g/mol. The first-order valence-corrected chi connectivity index (χ1v) is 6.13. The van der Waals surface area contributed by atoms with Gasteiger partial charge in [-0.1, -0.05) is 13.0 Å². The summed E-state index contributed by atoms with van der Waals surface area (Å²) >= 11 is 1.29. The van der Waals surface area contributed by atoms with Crippen molar-refractivity contribution in [3.8, 4) is 0 Å². The Bertz CT molecular complexity index is 389. The van der Waals surface area contributed by atoms with E-state index in [0.717, 1.165) is 0 Å². The van der Waals surface area contributed by atoms with Crippen LogP contribution in [0.25, 0.3) is 0 Å². The third-order valence-electron chi connectivity index (χ3n) is 2.56. The molecule has 5 nitrogen and oxygen atoms in total. The zero-order valence-corrected chi connectivity index (χ0v) is 10.5. The van der Waals surface area contributed by atoms with Gasteiger partial charge in [0.05, 0.1) is 0 Å². The van der Waals surface area contributed by atoms with Crippen molar-refractivity contribution in [1.29, 1.82) is 0 Å². The molecule has 0 fully saturated rings. The van der Waals surface area contributed by atoms with Gasteiger partial charge in [0.15, 0.2) is 6.04 Å². The molecule has 0 aliphatic heterocycles. The van der Waals surface area contributed by atoms with Crippen LogP contribution in [0.2, 0.25) is 0 Å². The minimum atomic E-state index is -1.07. The average Bonchev–Trinajstić information content (AvgIpc) is 2.76. The van der Waals surface area contributed by atoms with Crippen LogP contribution in [-0.4, -0.2) is 23.0 Å². The van der Waals surface area contributed by atoms with Crippen LogP contribution in [0, 0.1) is 5.92 Å². The predicted molar refractivity (Wildman–Crippen MR) is 65.7 cm³/mol. The summed E-state index contributed by atoms with van der Waals surface area (Å²) < 4.78 is 0. The lowest BCUT2D eigenvalue weighted by Gasteiger charge is -2.19. The van der Waals surface area contributed by atoms with Gasteiger partial charge >= 0.3 is 5.97 Å². The van der Waals surface area contributed by atoms with Crippen LogP contribution in [0.3, 0.4) is 0 Å². The van der Waals surface area contributed by atoms with Crippen LogP contribution in [0.4, 0.5) is 0 Å². The average molecular weight is 256 g/mol. The molecule has 0 aliphatic rings. The van der Waals surface area contributed by atoms with Gasteiger partial charge in [0.25, 0.3) is 0 Å². The topological polar surface area (TPSA) is 92.4 Å². The molecule has 1 aromatic rings. The minimum Gasteiger partial charge on any atom is -0.479 e. The highest BCUT2D eigenvalue weighted by Crippen LogP contribution is 2.19. The standard InChI is InChI=1S/C11H16N2O3S/c1-6(7(2)12)10(14)13-9(11(15)16)8-4-3-5-17-8/h3-7,9H,12H2,1-2H3,(H,13,14)(H,15,16). The molecule has 17 heavy (non-hydrogen) atoms. The predicted octanol–water partition coefficient (Wildman–Crippen LogP) is 0.973. The number of rotatable bonds is 5. The lowest BCUT2D eigenvalue weighted by Crippen LogP contribution is -2.42. The second-order valence-electron chi connectivity index (χ2n) is 3.94. The van der Waals surface area contributed by atoms with E-state index in [1.165, 1.54) is 11.3 Å². The second-order valence-corrected chi connectivity index (χ2v) is 4.92. The molecule has 1 amide bonds. The van der Waals surface area contributed by atoms with Crippen molar-refractivity contribution in [2.24, 2.45) is 11.7 Å². The normalized spacial score (nSPS) is 15.9. The van der Waals surface area contributed by atoms with E-state index in [2.05, 4.69) is 5.32 Å². The van der Waals surface area contributed by atoms with Gasteiger partial charge in [-0.05, 0) is 18.4 Å². The highest BCUT2D eigenvalue weighted by Gasteiger charge is 2.26. The molecule has 6 heteroatoms. The number of aliphatic carboxylic acids is 1. The third kappa shape index (κ3) is 3.54. The fourth-order valence-corrected chi connectivity index (χ4v) is 1.99. The molecule has 0 aliphatic carbocycles. The molecule has 94 valence electrons. The molecule has 0 saturated carbocycles. The van der Waals surface area contributed by atoms with E-state index < -0.39 is 17.9 Å². The number of nitrogens with one attached hydrogen (secondary N) is 1. The first kappa shape index (κ1) is 13.7. The first-order chi connectivity index (χ1) is 7.93. The molecule has 3 unspecified atom stereocenters.